The number of halogens is 2. The van der Waals surface area contributed by atoms with Crippen LogP contribution >= 0.6 is 31.9 Å². The van der Waals surface area contributed by atoms with Crippen LogP contribution in [0.1, 0.15) is 22.8 Å². The molecule has 0 saturated carbocycles. The quantitative estimate of drug-likeness (QED) is 0.383. The monoisotopic (exact) mass is 527 g/mol. The molecule has 0 aromatic heterocycles. The van der Waals surface area contributed by atoms with Crippen LogP contribution in [-0.2, 0) is 4.79 Å². The van der Waals surface area contributed by atoms with Crippen molar-refractivity contribution < 1.29 is 23.8 Å². The van der Waals surface area contributed by atoms with Crippen molar-refractivity contribution in [2.45, 2.75) is 6.92 Å². The van der Waals surface area contributed by atoms with Crippen molar-refractivity contribution >= 4 is 49.9 Å². The second-order valence-corrected chi connectivity index (χ2v) is 7.33. The Morgan fingerprint density at radius 3 is 2.59 bits per heavy atom. The maximum atomic E-state index is 12.4. The highest BCUT2D eigenvalue weighted by Crippen LogP contribution is 2.32. The number of nitrogens with zero attached hydrogens (tertiary/aromatic N) is 1. The van der Waals surface area contributed by atoms with Crippen molar-refractivity contribution in [3.05, 3.63) is 50.4 Å². The van der Waals surface area contributed by atoms with Crippen LogP contribution in [-0.4, -0.2) is 38.4 Å². The van der Waals surface area contributed by atoms with Crippen molar-refractivity contribution in [1.29, 1.82) is 0 Å². The van der Waals surface area contributed by atoms with E-state index in [-0.39, 0.29) is 6.61 Å². The minimum atomic E-state index is -0.611. The van der Waals surface area contributed by atoms with Crippen LogP contribution in [0.5, 0.6) is 17.2 Å². The number of hydrazone groups is 1. The average Bonchev–Trinajstić information content (AvgIpc) is 2.67. The normalized spacial score (nSPS) is 10.6. The van der Waals surface area contributed by atoms with Crippen molar-refractivity contribution in [1.82, 2.24) is 5.43 Å². The number of hydrogen-bond donors (Lipinski definition) is 2. The minimum absolute atomic E-state index is 0.292. The van der Waals surface area contributed by atoms with Gasteiger partial charge in [0.15, 0.2) is 18.1 Å². The van der Waals surface area contributed by atoms with E-state index in [1.165, 1.54) is 13.3 Å². The van der Waals surface area contributed by atoms with Gasteiger partial charge in [-0.2, -0.15) is 5.10 Å². The van der Waals surface area contributed by atoms with E-state index in [0.29, 0.717) is 39.5 Å². The van der Waals surface area contributed by atoms with Gasteiger partial charge in [0, 0.05) is 15.6 Å². The van der Waals surface area contributed by atoms with Crippen molar-refractivity contribution in [2.24, 2.45) is 10.8 Å². The number of primary amides is 1. The second-order valence-electron chi connectivity index (χ2n) is 5.56. The van der Waals surface area contributed by atoms with Gasteiger partial charge < -0.3 is 19.9 Å². The Morgan fingerprint density at radius 1 is 1.17 bits per heavy atom. The first-order chi connectivity index (χ1) is 13.8. The third-order valence-corrected chi connectivity index (χ3v) is 4.54. The Kier molecular flexibility index (Phi) is 8.47. The molecular formula is C19H19Br2N3O5. The van der Waals surface area contributed by atoms with Gasteiger partial charge in [0.2, 0.25) is 0 Å². The predicted octanol–water partition coefficient (Wildman–Crippen LogP) is 3.25. The molecule has 0 saturated heterocycles. The lowest BCUT2D eigenvalue weighted by atomic mass is 10.2. The van der Waals surface area contributed by atoms with Gasteiger partial charge in [-0.3, -0.25) is 9.59 Å². The van der Waals surface area contributed by atoms with Crippen LogP contribution < -0.4 is 25.4 Å². The molecule has 2 rings (SSSR count). The molecule has 3 N–H and O–H groups in total. The Balaban J connectivity index is 2.18. The molecule has 29 heavy (non-hydrogen) atoms. The second kappa shape index (κ2) is 10.8. The van der Waals surface area contributed by atoms with E-state index in [1.807, 2.05) is 6.92 Å². The molecule has 8 nitrogen and oxygen atoms in total. The summed E-state index contributed by atoms with van der Waals surface area (Å²) in [5.74, 6) is 0.319. The van der Waals surface area contributed by atoms with Crippen molar-refractivity contribution in [2.75, 3.05) is 20.3 Å². The summed E-state index contributed by atoms with van der Waals surface area (Å²) in [6.45, 7) is 1.98. The number of carbonyl (C=O) groups is 2. The Hall–Kier alpha value is -2.59. The molecule has 154 valence electrons. The Morgan fingerprint density at radius 2 is 1.93 bits per heavy atom. The molecule has 2 amide bonds. The number of rotatable bonds is 9. The van der Waals surface area contributed by atoms with Gasteiger partial charge in [0.05, 0.1) is 24.4 Å². The highest BCUT2D eigenvalue weighted by Gasteiger charge is 2.12. The van der Waals surface area contributed by atoms with Crippen LogP contribution in [0.15, 0.2) is 44.4 Å². The molecule has 10 heteroatoms. The SMILES string of the molecule is CCOc1cc(C(=O)N/N=C/c2cc(Br)cc(Br)c2OCC(N)=O)ccc1OC. The van der Waals surface area contributed by atoms with E-state index < -0.39 is 11.8 Å². The van der Waals surface area contributed by atoms with Gasteiger partial charge >= 0.3 is 0 Å². The minimum Gasteiger partial charge on any atom is -0.493 e. The molecule has 0 aliphatic carbocycles. The number of hydrogen-bond acceptors (Lipinski definition) is 6. The van der Waals surface area contributed by atoms with Crippen LogP contribution in [0.2, 0.25) is 0 Å². The molecule has 0 fully saturated rings. The molecule has 0 spiro atoms. The predicted molar refractivity (Wildman–Crippen MR) is 116 cm³/mol. The van der Waals surface area contributed by atoms with Crippen LogP contribution in [0.4, 0.5) is 0 Å². The van der Waals surface area contributed by atoms with E-state index in [1.54, 1.807) is 30.3 Å². The zero-order chi connectivity index (χ0) is 21.4. The molecule has 0 bridgehead atoms. The van der Waals surface area contributed by atoms with Gasteiger partial charge in [-0.1, -0.05) is 15.9 Å². The van der Waals surface area contributed by atoms with E-state index in [0.717, 1.165) is 4.47 Å². The molecular weight excluding hydrogens is 510 g/mol. The molecule has 0 radical (unpaired) electrons. The van der Waals surface area contributed by atoms with E-state index in [9.17, 15) is 9.59 Å². The summed E-state index contributed by atoms with van der Waals surface area (Å²) >= 11 is 6.73. The Labute approximate surface area is 184 Å². The molecule has 0 aliphatic rings. The summed E-state index contributed by atoms with van der Waals surface area (Å²) in [6.07, 6.45) is 1.40. The number of benzene rings is 2. The van der Waals surface area contributed by atoms with E-state index in [2.05, 4.69) is 42.4 Å². The first-order valence-corrected chi connectivity index (χ1v) is 9.98. The average molecular weight is 529 g/mol. The third kappa shape index (κ3) is 6.47. The van der Waals surface area contributed by atoms with E-state index in [4.69, 9.17) is 19.9 Å². The number of carbonyl (C=O) groups excluding carboxylic acids is 2. The topological polar surface area (TPSA) is 112 Å². The molecule has 2 aromatic rings. The largest absolute Gasteiger partial charge is 0.493 e. The highest BCUT2D eigenvalue weighted by atomic mass is 79.9. The van der Waals surface area contributed by atoms with Gasteiger partial charge in [0.25, 0.3) is 11.8 Å². The maximum Gasteiger partial charge on any atom is 0.271 e. The summed E-state index contributed by atoms with van der Waals surface area (Å²) in [7, 11) is 1.52. The summed E-state index contributed by atoms with van der Waals surface area (Å²) in [4.78, 5) is 23.4. The number of nitrogens with two attached hydrogens (primary N) is 1. The molecule has 0 atom stereocenters. The van der Waals surface area contributed by atoms with Crippen LogP contribution in [0.3, 0.4) is 0 Å². The lowest BCUT2D eigenvalue weighted by Crippen LogP contribution is -2.21. The van der Waals surface area contributed by atoms with E-state index >= 15 is 0 Å². The number of methoxy groups -OCH3 is 1. The van der Waals surface area contributed by atoms with Gasteiger partial charge in [-0.15, -0.1) is 0 Å². The lowest BCUT2D eigenvalue weighted by molar-refractivity contribution is -0.119. The zero-order valence-corrected chi connectivity index (χ0v) is 18.9. The molecule has 2 aromatic carbocycles. The first kappa shape index (κ1) is 22.7. The fourth-order valence-electron chi connectivity index (χ4n) is 2.28. The van der Waals surface area contributed by atoms with Crippen molar-refractivity contribution in [3.63, 3.8) is 0 Å². The first-order valence-electron chi connectivity index (χ1n) is 8.40. The van der Waals surface area contributed by atoms with Gasteiger partial charge in [0.1, 0.15) is 5.75 Å². The summed E-state index contributed by atoms with van der Waals surface area (Å²) in [5.41, 5.74) is 8.45. The summed E-state index contributed by atoms with van der Waals surface area (Å²) in [5, 5.41) is 3.97. The van der Waals surface area contributed by atoms with Crippen LogP contribution in [0, 0.1) is 0 Å². The zero-order valence-electron chi connectivity index (χ0n) is 15.7. The van der Waals surface area contributed by atoms with Gasteiger partial charge in [-0.05, 0) is 53.2 Å². The fourth-order valence-corrected chi connectivity index (χ4v) is 3.66. The third-order valence-electron chi connectivity index (χ3n) is 3.49. The smallest absolute Gasteiger partial charge is 0.271 e. The molecule has 0 heterocycles. The highest BCUT2D eigenvalue weighted by molar-refractivity contribution is 9.11. The number of ether oxygens (including phenoxy) is 3. The van der Waals surface area contributed by atoms with Gasteiger partial charge in [-0.25, -0.2) is 5.43 Å². The Bertz CT molecular complexity index is 934. The fraction of sp³-hybridized carbons (Fsp3) is 0.211. The molecule has 0 unspecified atom stereocenters. The standard InChI is InChI=1S/C19H19Br2N3O5/c1-3-28-16-7-11(4-5-15(16)27-2)19(26)24-23-9-12-6-13(20)8-14(21)18(12)29-10-17(22)25/h4-9H,3,10H2,1-2H3,(H2,22,25)(H,24,26)/b23-9+. The number of nitrogens with one attached hydrogen (secondary N) is 1. The molecule has 0 aliphatic heterocycles. The lowest BCUT2D eigenvalue weighted by Gasteiger charge is -2.11. The summed E-state index contributed by atoms with van der Waals surface area (Å²) < 4.78 is 17.4. The number of amides is 2. The van der Waals surface area contributed by atoms with Crippen LogP contribution in [0.25, 0.3) is 0 Å². The van der Waals surface area contributed by atoms with Crippen molar-refractivity contribution in [3.8, 4) is 17.2 Å². The maximum absolute atomic E-state index is 12.4. The summed E-state index contributed by atoms with van der Waals surface area (Å²) in [6, 6.07) is 8.29.